The van der Waals surface area contributed by atoms with Crippen LogP contribution in [0.3, 0.4) is 0 Å². The van der Waals surface area contributed by atoms with Gasteiger partial charge in [0.25, 0.3) is 0 Å². The van der Waals surface area contributed by atoms with Gasteiger partial charge in [0.05, 0.1) is 0 Å². The van der Waals surface area contributed by atoms with Crippen molar-refractivity contribution in [2.24, 2.45) is 0 Å². The Hall–Kier alpha value is 0.0382. The summed E-state index contributed by atoms with van der Waals surface area (Å²) in [6.07, 6.45) is 5.01. The summed E-state index contributed by atoms with van der Waals surface area (Å²) in [5, 5.41) is 0. The third kappa shape index (κ3) is 3.02. The zero-order chi connectivity index (χ0) is 9.68. The van der Waals surface area contributed by atoms with Crippen molar-refractivity contribution in [2.45, 2.75) is 39.5 Å². The van der Waals surface area contributed by atoms with Crippen LogP contribution in [0, 0.1) is 0 Å². The van der Waals surface area contributed by atoms with E-state index in [1.54, 1.807) is 11.1 Å². The van der Waals surface area contributed by atoms with E-state index < -0.39 is 0 Å². The van der Waals surface area contributed by atoms with Gasteiger partial charge in [0.1, 0.15) is 0 Å². The van der Waals surface area contributed by atoms with E-state index in [2.05, 4.69) is 32.0 Å². The Morgan fingerprint density at radius 2 is 1.77 bits per heavy atom. The molecule has 1 heteroatoms. The summed E-state index contributed by atoms with van der Waals surface area (Å²) >= 11 is 1.86. The molecule has 13 heavy (non-hydrogen) atoms. The Bertz CT molecular complexity index is 266. The SMILES string of the molecule is CCCc1ccc[c]([Sb])c1CCC. The summed E-state index contributed by atoms with van der Waals surface area (Å²) in [5.41, 5.74) is 3.18. The number of rotatable bonds is 4. The summed E-state index contributed by atoms with van der Waals surface area (Å²) in [6.45, 7) is 4.51. The van der Waals surface area contributed by atoms with Crippen LogP contribution < -0.4 is 3.51 Å². The summed E-state index contributed by atoms with van der Waals surface area (Å²) < 4.78 is 1.52. The summed E-state index contributed by atoms with van der Waals surface area (Å²) in [7, 11) is 0. The molecule has 0 unspecified atom stereocenters. The van der Waals surface area contributed by atoms with Crippen molar-refractivity contribution < 1.29 is 0 Å². The first-order chi connectivity index (χ1) is 6.29. The molecular weight excluding hydrogens is 266 g/mol. The molecule has 2 radical (unpaired) electrons. The number of benzene rings is 1. The standard InChI is InChI=1S/C12H17.Sb/c1-3-7-11-9-5-6-10-12(11)8-4-2;/h5-6,9H,3-4,7-8H2,1-2H3;. The van der Waals surface area contributed by atoms with Gasteiger partial charge in [0.2, 0.25) is 0 Å². The van der Waals surface area contributed by atoms with Crippen LogP contribution in [-0.2, 0) is 12.8 Å². The topological polar surface area (TPSA) is 0 Å². The van der Waals surface area contributed by atoms with Crippen LogP contribution in [0.2, 0.25) is 0 Å². The zero-order valence-electron chi connectivity index (χ0n) is 8.51. The fourth-order valence-corrected chi connectivity index (χ4v) is 2.64. The second-order valence-electron chi connectivity index (χ2n) is 3.41. The minimum atomic E-state index is 1.24. The Balaban J connectivity index is 2.95. The first-order valence-electron chi connectivity index (χ1n) is 5.09. The molecule has 0 saturated carbocycles. The zero-order valence-corrected chi connectivity index (χ0v) is 11.1. The maximum absolute atomic E-state index is 2.29. The van der Waals surface area contributed by atoms with E-state index in [9.17, 15) is 0 Å². The van der Waals surface area contributed by atoms with E-state index in [1.807, 2.05) is 23.0 Å². The van der Waals surface area contributed by atoms with Gasteiger partial charge < -0.3 is 0 Å². The monoisotopic (exact) mass is 282 g/mol. The van der Waals surface area contributed by atoms with Crippen molar-refractivity contribution >= 4 is 26.5 Å². The predicted octanol–water partition coefficient (Wildman–Crippen LogP) is 2.39. The molecule has 0 amide bonds. The molecule has 1 aromatic carbocycles. The molecule has 1 aromatic rings. The average molecular weight is 283 g/mol. The molecule has 0 fully saturated rings. The summed E-state index contributed by atoms with van der Waals surface area (Å²) in [5.74, 6) is 0. The van der Waals surface area contributed by atoms with E-state index in [0.29, 0.717) is 0 Å². The molecule has 0 aliphatic rings. The van der Waals surface area contributed by atoms with Crippen LogP contribution in [0.1, 0.15) is 37.8 Å². The van der Waals surface area contributed by atoms with Gasteiger partial charge in [0.15, 0.2) is 0 Å². The van der Waals surface area contributed by atoms with Gasteiger partial charge in [-0.3, -0.25) is 0 Å². The van der Waals surface area contributed by atoms with Crippen LogP contribution in [0.4, 0.5) is 0 Å². The Morgan fingerprint density at radius 3 is 2.38 bits per heavy atom. The van der Waals surface area contributed by atoms with Gasteiger partial charge in [-0.25, -0.2) is 0 Å². The third-order valence-electron chi connectivity index (χ3n) is 2.27. The number of hydrogen-bond acceptors (Lipinski definition) is 0. The van der Waals surface area contributed by atoms with E-state index in [0.717, 1.165) is 0 Å². The molecule has 0 bridgehead atoms. The van der Waals surface area contributed by atoms with Gasteiger partial charge in [-0.15, -0.1) is 0 Å². The molecule has 0 atom stereocenters. The van der Waals surface area contributed by atoms with Crippen molar-refractivity contribution in [2.75, 3.05) is 0 Å². The van der Waals surface area contributed by atoms with E-state index in [-0.39, 0.29) is 0 Å². The van der Waals surface area contributed by atoms with Crippen molar-refractivity contribution in [3.05, 3.63) is 29.3 Å². The van der Waals surface area contributed by atoms with Crippen molar-refractivity contribution in [1.82, 2.24) is 0 Å². The molecular formula is C12H17Sb. The minimum absolute atomic E-state index is 1.24. The molecule has 0 aromatic heterocycles. The van der Waals surface area contributed by atoms with Crippen molar-refractivity contribution in [3.63, 3.8) is 0 Å². The molecule has 0 N–H and O–H groups in total. The number of hydrogen-bond donors (Lipinski definition) is 0. The fraction of sp³-hybridized carbons (Fsp3) is 0.500. The maximum atomic E-state index is 2.29. The van der Waals surface area contributed by atoms with Crippen molar-refractivity contribution in [3.8, 4) is 0 Å². The molecule has 1 rings (SSSR count). The molecule has 0 aliphatic carbocycles. The average Bonchev–Trinajstić information content (AvgIpc) is 2.11. The second kappa shape index (κ2) is 5.70. The van der Waals surface area contributed by atoms with E-state index in [1.165, 1.54) is 29.2 Å². The molecule has 0 saturated heterocycles. The Morgan fingerprint density at radius 1 is 1.08 bits per heavy atom. The van der Waals surface area contributed by atoms with Crippen LogP contribution in [0.15, 0.2) is 18.2 Å². The quantitative estimate of drug-likeness (QED) is 0.744. The van der Waals surface area contributed by atoms with Crippen molar-refractivity contribution in [1.29, 1.82) is 0 Å². The molecule has 0 spiro atoms. The van der Waals surface area contributed by atoms with Gasteiger partial charge in [0, 0.05) is 0 Å². The van der Waals surface area contributed by atoms with Crippen LogP contribution in [-0.4, -0.2) is 23.0 Å². The normalized spacial score (nSPS) is 10.4. The Kier molecular flexibility index (Phi) is 4.88. The first-order valence-corrected chi connectivity index (χ1v) is 6.37. The van der Waals surface area contributed by atoms with Gasteiger partial charge in [-0.2, -0.15) is 0 Å². The van der Waals surface area contributed by atoms with Crippen LogP contribution >= 0.6 is 0 Å². The van der Waals surface area contributed by atoms with E-state index >= 15 is 0 Å². The van der Waals surface area contributed by atoms with Gasteiger partial charge >= 0.3 is 95.4 Å². The second-order valence-corrected chi connectivity index (χ2v) is 4.79. The third-order valence-corrected chi connectivity index (χ3v) is 3.46. The molecule has 0 aliphatic heterocycles. The molecule has 0 heterocycles. The number of aryl methyl sites for hydroxylation is 1. The first kappa shape index (κ1) is 11.1. The van der Waals surface area contributed by atoms with Gasteiger partial charge in [-0.05, 0) is 0 Å². The van der Waals surface area contributed by atoms with E-state index in [4.69, 9.17) is 0 Å². The fourth-order valence-electron chi connectivity index (χ4n) is 1.66. The Labute approximate surface area is 95.2 Å². The molecule has 0 nitrogen and oxygen atoms in total. The van der Waals surface area contributed by atoms with Crippen LogP contribution in [0.5, 0.6) is 0 Å². The summed E-state index contributed by atoms with van der Waals surface area (Å²) in [6, 6.07) is 6.73. The molecule has 70 valence electrons. The van der Waals surface area contributed by atoms with Gasteiger partial charge in [-0.1, -0.05) is 0 Å². The predicted molar refractivity (Wildman–Crippen MR) is 59.8 cm³/mol. The summed E-state index contributed by atoms with van der Waals surface area (Å²) in [4.78, 5) is 0. The van der Waals surface area contributed by atoms with Crippen LogP contribution in [0.25, 0.3) is 0 Å².